The van der Waals surface area contributed by atoms with Crippen LogP contribution in [0, 0.1) is 18.3 Å². The normalized spacial score (nSPS) is 24.8. The number of carbonyl (C=O) groups excluding carboxylic acids is 1. The van der Waals surface area contributed by atoms with E-state index >= 15 is 0 Å². The number of amides is 1. The maximum Gasteiger partial charge on any atom is 0.228 e. The van der Waals surface area contributed by atoms with E-state index in [0.29, 0.717) is 5.41 Å². The monoisotopic (exact) mass is 244 g/mol. The first-order chi connectivity index (χ1) is 8.70. The fourth-order valence-electron chi connectivity index (χ4n) is 3.30. The lowest BCUT2D eigenvalue weighted by atomic mass is 9.84. The maximum atomic E-state index is 12.2. The highest BCUT2D eigenvalue weighted by Gasteiger charge is 2.57. The highest BCUT2D eigenvalue weighted by atomic mass is 16.2. The van der Waals surface area contributed by atoms with Gasteiger partial charge in [0.05, 0.1) is 11.9 Å². The Morgan fingerprint density at radius 3 is 2.78 bits per heavy atom. The highest BCUT2D eigenvalue weighted by molar-refractivity contribution is 5.94. The number of nitrogens with zero attached hydrogens (tertiary/aromatic N) is 1. The zero-order valence-corrected chi connectivity index (χ0v) is 10.9. The third kappa shape index (κ3) is 2.14. The molecule has 1 amide bonds. The van der Waals surface area contributed by atoms with Gasteiger partial charge in [0, 0.05) is 11.6 Å². The van der Waals surface area contributed by atoms with Crippen molar-refractivity contribution in [3.05, 3.63) is 24.0 Å². The number of nitrogens with one attached hydrogen (secondary N) is 1. The van der Waals surface area contributed by atoms with E-state index in [-0.39, 0.29) is 11.8 Å². The Kier molecular flexibility index (Phi) is 2.84. The molecule has 0 bridgehead atoms. The molecule has 0 saturated heterocycles. The van der Waals surface area contributed by atoms with Gasteiger partial charge < -0.3 is 5.32 Å². The number of pyridine rings is 1. The van der Waals surface area contributed by atoms with Crippen LogP contribution in [-0.4, -0.2) is 10.9 Å². The van der Waals surface area contributed by atoms with E-state index in [1.165, 1.54) is 32.1 Å². The summed E-state index contributed by atoms with van der Waals surface area (Å²) in [4.78, 5) is 16.4. The van der Waals surface area contributed by atoms with E-state index in [2.05, 4.69) is 10.3 Å². The molecule has 2 aliphatic carbocycles. The molecular formula is C15H20N2O. The Bertz CT molecular complexity index is 446. The Labute approximate surface area is 108 Å². The standard InChI is InChI=1S/C15H20N2O/c1-11-5-6-12(10-16-11)17-14(18)13-9-15(13)7-3-2-4-8-15/h5-6,10,13H,2-4,7-9H2,1H3,(H,17,18)/t13-/m1/s1. The maximum absolute atomic E-state index is 12.2. The van der Waals surface area contributed by atoms with Crippen LogP contribution in [-0.2, 0) is 4.79 Å². The van der Waals surface area contributed by atoms with Crippen LogP contribution in [0.5, 0.6) is 0 Å². The third-order valence-electron chi connectivity index (χ3n) is 4.53. The van der Waals surface area contributed by atoms with Gasteiger partial charge >= 0.3 is 0 Å². The fraction of sp³-hybridized carbons (Fsp3) is 0.600. The van der Waals surface area contributed by atoms with Gasteiger partial charge in [0.1, 0.15) is 0 Å². The predicted octanol–water partition coefficient (Wildman–Crippen LogP) is 3.30. The minimum Gasteiger partial charge on any atom is -0.324 e. The first kappa shape index (κ1) is 11.7. The van der Waals surface area contributed by atoms with Gasteiger partial charge in [-0.3, -0.25) is 9.78 Å². The van der Waals surface area contributed by atoms with Gasteiger partial charge in [0.2, 0.25) is 5.91 Å². The molecule has 18 heavy (non-hydrogen) atoms. The van der Waals surface area contributed by atoms with E-state index in [1.54, 1.807) is 6.20 Å². The van der Waals surface area contributed by atoms with Crippen LogP contribution in [0.3, 0.4) is 0 Å². The molecule has 1 N–H and O–H groups in total. The molecule has 0 aromatic carbocycles. The number of hydrogen-bond donors (Lipinski definition) is 1. The summed E-state index contributed by atoms with van der Waals surface area (Å²) in [5.74, 6) is 0.446. The number of rotatable bonds is 2. The largest absolute Gasteiger partial charge is 0.324 e. The van der Waals surface area contributed by atoms with Crippen molar-refractivity contribution in [1.29, 1.82) is 0 Å². The Balaban J connectivity index is 1.61. The van der Waals surface area contributed by atoms with E-state index in [9.17, 15) is 4.79 Å². The molecule has 0 aliphatic heterocycles. The number of anilines is 1. The smallest absolute Gasteiger partial charge is 0.228 e. The van der Waals surface area contributed by atoms with Crippen LogP contribution in [0.15, 0.2) is 18.3 Å². The molecular weight excluding hydrogens is 224 g/mol. The predicted molar refractivity (Wildman–Crippen MR) is 71.2 cm³/mol. The molecule has 1 aromatic rings. The molecule has 2 aliphatic rings. The summed E-state index contributed by atoms with van der Waals surface area (Å²) in [6.07, 6.45) is 9.28. The van der Waals surface area contributed by atoms with Gasteiger partial charge in [-0.1, -0.05) is 19.3 Å². The molecule has 1 aromatic heterocycles. The van der Waals surface area contributed by atoms with Crippen LogP contribution < -0.4 is 5.32 Å². The molecule has 1 heterocycles. The second-order valence-electron chi connectivity index (χ2n) is 5.86. The summed E-state index contributed by atoms with van der Waals surface area (Å²) in [5.41, 5.74) is 2.16. The third-order valence-corrected chi connectivity index (χ3v) is 4.53. The number of carbonyl (C=O) groups is 1. The Hall–Kier alpha value is -1.38. The Morgan fingerprint density at radius 1 is 1.33 bits per heavy atom. The topological polar surface area (TPSA) is 42.0 Å². The number of aryl methyl sites for hydroxylation is 1. The van der Waals surface area contributed by atoms with Gasteiger partial charge in [-0.05, 0) is 43.7 Å². The van der Waals surface area contributed by atoms with Crippen molar-refractivity contribution in [3.8, 4) is 0 Å². The minimum absolute atomic E-state index is 0.197. The van der Waals surface area contributed by atoms with E-state index in [0.717, 1.165) is 17.8 Å². The molecule has 3 nitrogen and oxygen atoms in total. The van der Waals surface area contributed by atoms with Crippen LogP contribution >= 0.6 is 0 Å². The van der Waals surface area contributed by atoms with E-state index < -0.39 is 0 Å². The first-order valence-corrected chi connectivity index (χ1v) is 6.93. The average molecular weight is 244 g/mol. The average Bonchev–Trinajstić information content (AvgIpc) is 3.07. The van der Waals surface area contributed by atoms with Crippen LogP contribution in [0.4, 0.5) is 5.69 Å². The second-order valence-corrected chi connectivity index (χ2v) is 5.86. The molecule has 3 heteroatoms. The number of hydrogen-bond acceptors (Lipinski definition) is 2. The second kappa shape index (κ2) is 4.38. The SMILES string of the molecule is Cc1ccc(NC(=O)[C@H]2CC23CCCCC3)cn1. The molecule has 2 saturated carbocycles. The summed E-state index contributed by atoms with van der Waals surface area (Å²) in [6, 6.07) is 3.86. The highest BCUT2D eigenvalue weighted by Crippen LogP contribution is 2.61. The van der Waals surface area contributed by atoms with Gasteiger partial charge in [0.25, 0.3) is 0 Å². The summed E-state index contributed by atoms with van der Waals surface area (Å²) >= 11 is 0. The lowest BCUT2D eigenvalue weighted by molar-refractivity contribution is -0.118. The summed E-state index contributed by atoms with van der Waals surface area (Å²) < 4.78 is 0. The Morgan fingerprint density at radius 2 is 2.11 bits per heavy atom. The molecule has 3 rings (SSSR count). The van der Waals surface area contributed by atoms with Crippen molar-refractivity contribution < 1.29 is 4.79 Å². The van der Waals surface area contributed by atoms with Gasteiger partial charge in [0.15, 0.2) is 0 Å². The molecule has 1 atom stereocenters. The molecule has 1 spiro atoms. The van der Waals surface area contributed by atoms with E-state index in [1.807, 2.05) is 19.1 Å². The molecule has 96 valence electrons. The zero-order chi connectivity index (χ0) is 12.6. The molecule has 2 fully saturated rings. The van der Waals surface area contributed by atoms with Crippen molar-refractivity contribution in [1.82, 2.24) is 4.98 Å². The van der Waals surface area contributed by atoms with Crippen LogP contribution in [0.25, 0.3) is 0 Å². The van der Waals surface area contributed by atoms with Gasteiger partial charge in [-0.25, -0.2) is 0 Å². The molecule has 0 radical (unpaired) electrons. The van der Waals surface area contributed by atoms with Crippen LogP contribution in [0.1, 0.15) is 44.2 Å². The quantitative estimate of drug-likeness (QED) is 0.867. The van der Waals surface area contributed by atoms with Crippen LogP contribution in [0.2, 0.25) is 0 Å². The summed E-state index contributed by atoms with van der Waals surface area (Å²) in [6.45, 7) is 1.95. The minimum atomic E-state index is 0.197. The van der Waals surface area contributed by atoms with Gasteiger partial charge in [-0.2, -0.15) is 0 Å². The molecule has 0 unspecified atom stereocenters. The van der Waals surface area contributed by atoms with Crippen molar-refractivity contribution >= 4 is 11.6 Å². The fourth-order valence-corrected chi connectivity index (χ4v) is 3.30. The first-order valence-electron chi connectivity index (χ1n) is 6.93. The van der Waals surface area contributed by atoms with Gasteiger partial charge in [-0.15, -0.1) is 0 Å². The lowest BCUT2D eigenvalue weighted by Crippen LogP contribution is -2.20. The van der Waals surface area contributed by atoms with Crippen molar-refractivity contribution in [2.24, 2.45) is 11.3 Å². The zero-order valence-electron chi connectivity index (χ0n) is 10.9. The van der Waals surface area contributed by atoms with Crippen molar-refractivity contribution in [2.45, 2.75) is 45.4 Å². The summed E-state index contributed by atoms with van der Waals surface area (Å²) in [5, 5.41) is 3.00. The lowest BCUT2D eigenvalue weighted by Gasteiger charge is -2.22. The number of aromatic nitrogens is 1. The van der Waals surface area contributed by atoms with E-state index in [4.69, 9.17) is 0 Å². The van der Waals surface area contributed by atoms with Crippen molar-refractivity contribution in [2.75, 3.05) is 5.32 Å². The van der Waals surface area contributed by atoms with Crippen molar-refractivity contribution in [3.63, 3.8) is 0 Å². The summed E-state index contributed by atoms with van der Waals surface area (Å²) in [7, 11) is 0.